The van der Waals surface area contributed by atoms with Gasteiger partial charge in [-0.25, -0.2) is 0 Å². The molecule has 4 nitrogen and oxygen atoms in total. The van der Waals surface area contributed by atoms with E-state index in [1.165, 1.54) is 49.5 Å². The molecule has 1 unspecified atom stereocenters. The van der Waals surface area contributed by atoms with Crippen LogP contribution in [0.3, 0.4) is 0 Å². The first-order valence-corrected chi connectivity index (χ1v) is 12.8. The quantitative estimate of drug-likeness (QED) is 0.268. The van der Waals surface area contributed by atoms with Gasteiger partial charge in [0.2, 0.25) is 14.2 Å². The first-order valence-electron chi connectivity index (χ1n) is 9.35. The van der Waals surface area contributed by atoms with Crippen molar-refractivity contribution in [3.8, 4) is 0 Å². The fourth-order valence-electron chi connectivity index (χ4n) is 2.61. The summed E-state index contributed by atoms with van der Waals surface area (Å²) in [5.74, 6) is -0.498. The van der Waals surface area contributed by atoms with Gasteiger partial charge in [-0.05, 0) is 32.1 Å². The highest BCUT2D eigenvalue weighted by Gasteiger charge is 2.30. The Kier molecular flexibility index (Phi) is 11.7. The minimum atomic E-state index is -1.96. The molecule has 0 aliphatic carbocycles. The largest absolute Gasteiger partial charge is 0.518 e. The van der Waals surface area contributed by atoms with Crippen LogP contribution in [0.2, 0.25) is 19.6 Å². The van der Waals surface area contributed by atoms with Crippen LogP contribution < -0.4 is 0 Å². The Morgan fingerprint density at radius 2 is 1.54 bits per heavy atom. The molecule has 0 spiro atoms. The van der Waals surface area contributed by atoms with Gasteiger partial charge in [0.1, 0.15) is 6.04 Å². The van der Waals surface area contributed by atoms with Crippen molar-refractivity contribution in [3.63, 3.8) is 0 Å². The average molecular weight is 356 g/mol. The van der Waals surface area contributed by atoms with E-state index in [9.17, 15) is 9.59 Å². The maximum atomic E-state index is 12.4. The summed E-state index contributed by atoms with van der Waals surface area (Å²) >= 11 is 0. The molecule has 0 rings (SSSR count). The van der Waals surface area contributed by atoms with Crippen molar-refractivity contribution in [1.82, 2.24) is 4.90 Å². The summed E-state index contributed by atoms with van der Waals surface area (Å²) < 4.78 is 5.61. The molecule has 0 aliphatic rings. The second kappa shape index (κ2) is 12.3. The molecule has 24 heavy (non-hydrogen) atoms. The molecule has 1 amide bonds. The van der Waals surface area contributed by atoms with Gasteiger partial charge in [-0.15, -0.1) is 0 Å². The van der Waals surface area contributed by atoms with Gasteiger partial charge >= 0.3 is 5.97 Å². The zero-order valence-electron chi connectivity index (χ0n) is 16.4. The Balaban J connectivity index is 4.38. The second-order valence-electron chi connectivity index (χ2n) is 7.47. The molecular weight excluding hydrogens is 318 g/mol. The molecule has 1 atom stereocenters. The van der Waals surface area contributed by atoms with Crippen molar-refractivity contribution in [2.75, 3.05) is 7.05 Å². The minimum absolute atomic E-state index is 0.230. The first-order chi connectivity index (χ1) is 11.2. The van der Waals surface area contributed by atoms with Crippen molar-refractivity contribution in [1.29, 1.82) is 0 Å². The molecule has 0 aromatic rings. The van der Waals surface area contributed by atoms with Crippen LogP contribution >= 0.6 is 0 Å². The number of carbonyl (C=O) groups is 2. The number of hydrogen-bond acceptors (Lipinski definition) is 3. The molecule has 0 saturated heterocycles. The molecule has 0 aliphatic heterocycles. The highest BCUT2D eigenvalue weighted by Crippen LogP contribution is 2.16. The van der Waals surface area contributed by atoms with Crippen molar-refractivity contribution in [2.45, 2.75) is 90.4 Å². The van der Waals surface area contributed by atoms with Gasteiger partial charge in [0, 0.05) is 7.05 Å². The minimum Gasteiger partial charge on any atom is -0.518 e. The summed E-state index contributed by atoms with van der Waals surface area (Å²) in [4.78, 5) is 25.8. The summed E-state index contributed by atoms with van der Waals surface area (Å²) in [6, 6.07) is -0.498. The van der Waals surface area contributed by atoms with Crippen LogP contribution in [-0.4, -0.2) is 38.2 Å². The van der Waals surface area contributed by atoms with Gasteiger partial charge in [0.05, 0.1) is 0 Å². The summed E-state index contributed by atoms with van der Waals surface area (Å²) in [5, 5.41) is 0. The van der Waals surface area contributed by atoms with Crippen molar-refractivity contribution >= 4 is 20.2 Å². The molecule has 0 N–H and O–H groups in total. The van der Waals surface area contributed by atoms with Crippen LogP contribution in [0.4, 0.5) is 0 Å². The van der Waals surface area contributed by atoms with E-state index in [1.54, 1.807) is 7.05 Å². The number of likely N-dealkylation sites (N-methyl/N-ethyl adjacent to an activating group) is 1. The molecule has 0 aromatic heterocycles. The normalized spacial score (nSPS) is 12.5. The van der Waals surface area contributed by atoms with E-state index in [1.807, 2.05) is 19.6 Å². The predicted molar refractivity (Wildman–Crippen MR) is 103 cm³/mol. The zero-order chi connectivity index (χ0) is 18.6. The summed E-state index contributed by atoms with van der Waals surface area (Å²) in [6.45, 7) is 11.7. The lowest BCUT2D eigenvalue weighted by Gasteiger charge is -2.29. The Labute approximate surface area is 149 Å². The molecule has 0 bridgehead atoms. The number of unbranched alkanes of at least 4 members (excludes halogenated alkanes) is 7. The smallest absolute Gasteiger partial charge is 0.315 e. The van der Waals surface area contributed by atoms with E-state index < -0.39 is 14.4 Å². The summed E-state index contributed by atoms with van der Waals surface area (Å²) in [5.41, 5.74) is 0. The lowest BCUT2D eigenvalue weighted by Crippen LogP contribution is -2.45. The van der Waals surface area contributed by atoms with Gasteiger partial charge in [-0.2, -0.15) is 0 Å². The predicted octanol–water partition coefficient (Wildman–Crippen LogP) is 4.91. The molecule has 0 fully saturated rings. The van der Waals surface area contributed by atoms with Gasteiger partial charge < -0.3 is 9.33 Å². The van der Waals surface area contributed by atoms with Crippen molar-refractivity contribution in [2.24, 2.45) is 0 Å². The van der Waals surface area contributed by atoms with Crippen LogP contribution in [0.15, 0.2) is 12.7 Å². The van der Waals surface area contributed by atoms with E-state index in [0.29, 0.717) is 6.42 Å². The second-order valence-corrected chi connectivity index (χ2v) is 11.9. The molecule has 0 saturated carbocycles. The van der Waals surface area contributed by atoms with E-state index in [-0.39, 0.29) is 11.9 Å². The molecule has 0 heterocycles. The van der Waals surface area contributed by atoms with Crippen molar-refractivity contribution in [3.05, 3.63) is 12.7 Å². The highest BCUT2D eigenvalue weighted by molar-refractivity contribution is 6.71. The standard InChI is InChI=1S/C19H37NO3Si/c1-7-9-10-11-12-13-14-15-16-17(20(3)18(21)8-2)19(22)23-24(4,5)6/h8,17H,2,7,9-16H2,1,3-6H3. The van der Waals surface area contributed by atoms with Crippen LogP contribution in [0.25, 0.3) is 0 Å². The molecule has 140 valence electrons. The topological polar surface area (TPSA) is 46.6 Å². The highest BCUT2D eigenvalue weighted by atomic mass is 28.4. The van der Waals surface area contributed by atoms with Crippen LogP contribution in [0.5, 0.6) is 0 Å². The van der Waals surface area contributed by atoms with E-state index >= 15 is 0 Å². The molecular formula is C19H37NO3Si. The van der Waals surface area contributed by atoms with Crippen LogP contribution in [0, 0.1) is 0 Å². The lowest BCUT2D eigenvalue weighted by molar-refractivity contribution is -0.146. The Morgan fingerprint density at radius 3 is 2.00 bits per heavy atom. The first kappa shape index (κ1) is 22.9. The SMILES string of the molecule is C=CC(=O)N(C)C(CCCCCCCCCC)C(=O)O[Si](C)(C)C. The monoisotopic (exact) mass is 355 g/mol. The summed E-state index contributed by atoms with van der Waals surface area (Å²) in [6.07, 6.45) is 11.6. The average Bonchev–Trinajstić information content (AvgIpc) is 2.50. The third-order valence-electron chi connectivity index (χ3n) is 4.00. The Hall–Kier alpha value is -1.10. The van der Waals surface area contributed by atoms with E-state index in [2.05, 4.69) is 13.5 Å². The maximum Gasteiger partial charge on any atom is 0.315 e. The van der Waals surface area contributed by atoms with E-state index in [4.69, 9.17) is 4.43 Å². The van der Waals surface area contributed by atoms with Crippen molar-refractivity contribution < 1.29 is 14.0 Å². The third-order valence-corrected chi connectivity index (χ3v) is 4.81. The maximum absolute atomic E-state index is 12.4. The Morgan fingerprint density at radius 1 is 1.04 bits per heavy atom. The van der Waals surface area contributed by atoms with Gasteiger partial charge in [0.15, 0.2) is 0 Å². The van der Waals surface area contributed by atoms with Crippen LogP contribution in [0.1, 0.15) is 64.7 Å². The van der Waals surface area contributed by atoms with E-state index in [0.717, 1.165) is 12.8 Å². The number of carbonyl (C=O) groups excluding carboxylic acids is 2. The van der Waals surface area contributed by atoms with Gasteiger partial charge in [0.25, 0.3) is 0 Å². The molecule has 5 heteroatoms. The number of amides is 1. The number of hydrogen-bond donors (Lipinski definition) is 0. The lowest BCUT2D eigenvalue weighted by atomic mass is 10.0. The molecule has 0 aromatic carbocycles. The third kappa shape index (κ3) is 10.6. The van der Waals surface area contributed by atoms with Gasteiger partial charge in [-0.1, -0.05) is 64.9 Å². The number of rotatable bonds is 13. The van der Waals surface area contributed by atoms with Crippen LogP contribution in [-0.2, 0) is 14.0 Å². The fourth-order valence-corrected chi connectivity index (χ4v) is 3.35. The zero-order valence-corrected chi connectivity index (χ0v) is 17.4. The molecule has 0 radical (unpaired) electrons. The Bertz CT molecular complexity index is 391. The van der Waals surface area contributed by atoms with Gasteiger partial charge in [-0.3, -0.25) is 9.59 Å². The summed E-state index contributed by atoms with van der Waals surface area (Å²) in [7, 11) is -0.303. The fraction of sp³-hybridized carbons (Fsp3) is 0.789. The number of nitrogens with zero attached hydrogens (tertiary/aromatic N) is 1.